The van der Waals surface area contributed by atoms with Crippen LogP contribution in [-0.2, 0) is 9.59 Å². The van der Waals surface area contributed by atoms with E-state index in [2.05, 4.69) is 0 Å². The summed E-state index contributed by atoms with van der Waals surface area (Å²) in [4.78, 5) is 27.6. The number of aliphatic hydroxyl groups is 1. The predicted octanol–water partition coefficient (Wildman–Crippen LogP) is 5.99. The van der Waals surface area contributed by atoms with Gasteiger partial charge < -0.3 is 14.9 Å². The first-order valence-corrected chi connectivity index (χ1v) is 10.7. The Hall–Kier alpha value is -3.19. The lowest BCUT2D eigenvalue weighted by molar-refractivity contribution is -0.132. The van der Waals surface area contributed by atoms with Crippen LogP contribution in [0.4, 0.5) is 5.69 Å². The number of carbonyl (C=O) groups excluding carboxylic acids is 2. The molecule has 4 rings (SSSR count). The third-order valence-corrected chi connectivity index (χ3v) is 6.23. The molecule has 6 nitrogen and oxygen atoms in total. The van der Waals surface area contributed by atoms with Crippen molar-refractivity contribution >= 4 is 57.9 Å². The number of methoxy groups -OCH3 is 1. The summed E-state index contributed by atoms with van der Waals surface area (Å²) in [5.74, 6) is -1.95. The lowest BCUT2D eigenvalue weighted by atomic mass is 9.94. The van der Waals surface area contributed by atoms with E-state index in [-0.39, 0.29) is 32.7 Å². The Morgan fingerprint density at radius 1 is 0.939 bits per heavy atom. The van der Waals surface area contributed by atoms with Crippen molar-refractivity contribution in [3.05, 3.63) is 92.4 Å². The van der Waals surface area contributed by atoms with Crippen LogP contribution in [0.25, 0.3) is 5.76 Å². The second-order valence-corrected chi connectivity index (χ2v) is 8.45. The van der Waals surface area contributed by atoms with E-state index >= 15 is 0 Å². The van der Waals surface area contributed by atoms with Crippen LogP contribution in [0.3, 0.4) is 0 Å². The number of ketones is 1. The number of halogens is 3. The number of anilines is 1. The molecule has 1 aliphatic heterocycles. The van der Waals surface area contributed by atoms with Gasteiger partial charge in [0.05, 0.1) is 34.3 Å². The molecule has 33 heavy (non-hydrogen) atoms. The largest absolute Gasteiger partial charge is 0.508 e. The molecule has 1 saturated heterocycles. The van der Waals surface area contributed by atoms with Crippen molar-refractivity contribution in [2.45, 2.75) is 6.04 Å². The molecule has 1 heterocycles. The third-order valence-electron chi connectivity index (χ3n) is 5.25. The molecular formula is C24H16Cl3NO5. The van der Waals surface area contributed by atoms with Crippen molar-refractivity contribution in [3.63, 3.8) is 0 Å². The molecule has 0 spiro atoms. The van der Waals surface area contributed by atoms with Gasteiger partial charge in [0.2, 0.25) is 0 Å². The lowest BCUT2D eigenvalue weighted by Crippen LogP contribution is -2.29. The van der Waals surface area contributed by atoms with Gasteiger partial charge in [0, 0.05) is 10.7 Å². The van der Waals surface area contributed by atoms with Gasteiger partial charge in [-0.15, -0.1) is 0 Å². The smallest absolute Gasteiger partial charge is 0.300 e. The third kappa shape index (κ3) is 4.13. The molecule has 0 aliphatic carbocycles. The number of amides is 1. The number of ether oxygens (including phenoxy) is 1. The van der Waals surface area contributed by atoms with E-state index < -0.39 is 23.5 Å². The molecule has 1 unspecified atom stereocenters. The number of phenolic OH excluding ortho intramolecular Hbond substituents is 1. The summed E-state index contributed by atoms with van der Waals surface area (Å²) in [6, 6.07) is 14.0. The molecule has 3 aromatic rings. The van der Waals surface area contributed by atoms with Gasteiger partial charge >= 0.3 is 0 Å². The number of nitrogens with zero attached hydrogens (tertiary/aromatic N) is 1. The minimum absolute atomic E-state index is 0.00162. The molecule has 0 aromatic heterocycles. The zero-order valence-electron chi connectivity index (χ0n) is 17.1. The average molecular weight is 505 g/mol. The minimum Gasteiger partial charge on any atom is -0.508 e. The number of carbonyl (C=O) groups is 2. The van der Waals surface area contributed by atoms with Gasteiger partial charge in [-0.05, 0) is 54.1 Å². The van der Waals surface area contributed by atoms with Crippen LogP contribution in [0.5, 0.6) is 11.5 Å². The van der Waals surface area contributed by atoms with Crippen LogP contribution in [0, 0.1) is 0 Å². The van der Waals surface area contributed by atoms with Crippen LogP contribution < -0.4 is 9.64 Å². The van der Waals surface area contributed by atoms with E-state index in [9.17, 15) is 19.8 Å². The van der Waals surface area contributed by atoms with Gasteiger partial charge in [-0.1, -0.05) is 46.9 Å². The van der Waals surface area contributed by atoms with E-state index in [0.29, 0.717) is 16.3 Å². The number of hydrogen-bond donors (Lipinski definition) is 2. The summed E-state index contributed by atoms with van der Waals surface area (Å²) in [6.07, 6.45) is 0. The maximum atomic E-state index is 13.2. The topological polar surface area (TPSA) is 87.1 Å². The van der Waals surface area contributed by atoms with E-state index in [4.69, 9.17) is 39.5 Å². The number of Topliss-reactive ketones (excluding diaryl/α,β-unsaturated/α-hetero) is 1. The zero-order valence-corrected chi connectivity index (χ0v) is 19.3. The first-order chi connectivity index (χ1) is 15.7. The van der Waals surface area contributed by atoms with Crippen molar-refractivity contribution < 1.29 is 24.5 Å². The Balaban J connectivity index is 1.99. The molecule has 1 aliphatic rings. The molecule has 0 radical (unpaired) electrons. The highest BCUT2D eigenvalue weighted by Crippen LogP contribution is 2.44. The first kappa shape index (κ1) is 23.0. The Morgan fingerprint density at radius 3 is 2.27 bits per heavy atom. The summed E-state index contributed by atoms with van der Waals surface area (Å²) in [5.41, 5.74) is 0.764. The van der Waals surface area contributed by atoms with Gasteiger partial charge in [-0.2, -0.15) is 0 Å². The Morgan fingerprint density at radius 2 is 1.64 bits per heavy atom. The maximum Gasteiger partial charge on any atom is 0.300 e. The quantitative estimate of drug-likeness (QED) is 0.259. The Labute approximate surface area is 204 Å². The van der Waals surface area contributed by atoms with Crippen molar-refractivity contribution in [3.8, 4) is 11.5 Å². The van der Waals surface area contributed by atoms with Gasteiger partial charge in [0.15, 0.2) is 0 Å². The SMILES string of the molecule is COc1ccc(Cl)cc1/C(O)=C1\C(=O)C(=O)N(c2ccc(Cl)c(Cl)c2)C1c1ccc(O)cc1. The molecule has 9 heteroatoms. The number of aliphatic hydroxyl groups excluding tert-OH is 1. The van der Waals surface area contributed by atoms with Crippen molar-refractivity contribution in [2.24, 2.45) is 0 Å². The summed E-state index contributed by atoms with van der Waals surface area (Å²) in [5, 5.41) is 21.7. The molecule has 1 amide bonds. The number of rotatable bonds is 4. The van der Waals surface area contributed by atoms with Crippen molar-refractivity contribution in [2.75, 3.05) is 12.0 Å². The Bertz CT molecular complexity index is 1300. The number of phenols is 1. The summed E-state index contributed by atoms with van der Waals surface area (Å²) in [6.45, 7) is 0. The lowest BCUT2D eigenvalue weighted by Gasteiger charge is -2.26. The van der Waals surface area contributed by atoms with Crippen LogP contribution in [0.1, 0.15) is 17.2 Å². The molecule has 168 valence electrons. The van der Waals surface area contributed by atoms with E-state index in [1.165, 1.54) is 42.3 Å². The highest BCUT2D eigenvalue weighted by Gasteiger charge is 2.47. The van der Waals surface area contributed by atoms with Crippen LogP contribution >= 0.6 is 34.8 Å². The molecule has 3 aromatic carbocycles. The monoisotopic (exact) mass is 503 g/mol. The maximum absolute atomic E-state index is 13.2. The Kier molecular flexibility index (Phi) is 6.26. The first-order valence-electron chi connectivity index (χ1n) is 9.61. The number of hydrogen-bond acceptors (Lipinski definition) is 5. The van der Waals surface area contributed by atoms with Crippen molar-refractivity contribution in [1.82, 2.24) is 0 Å². The molecular weight excluding hydrogens is 489 g/mol. The minimum atomic E-state index is -1.02. The van der Waals surface area contributed by atoms with Crippen LogP contribution in [-0.4, -0.2) is 29.0 Å². The van der Waals surface area contributed by atoms with E-state index in [0.717, 1.165) is 0 Å². The van der Waals surface area contributed by atoms with Gasteiger partial charge in [-0.3, -0.25) is 14.5 Å². The van der Waals surface area contributed by atoms with E-state index in [1.807, 2.05) is 0 Å². The predicted molar refractivity (Wildman–Crippen MR) is 127 cm³/mol. The highest BCUT2D eigenvalue weighted by atomic mass is 35.5. The van der Waals surface area contributed by atoms with Gasteiger partial charge in [0.1, 0.15) is 17.3 Å². The van der Waals surface area contributed by atoms with Gasteiger partial charge in [0.25, 0.3) is 11.7 Å². The molecule has 0 bridgehead atoms. The number of aromatic hydroxyl groups is 1. The fourth-order valence-electron chi connectivity index (χ4n) is 3.72. The molecule has 1 fully saturated rings. The fourth-order valence-corrected chi connectivity index (χ4v) is 4.18. The summed E-state index contributed by atoms with van der Waals surface area (Å²) >= 11 is 18.3. The second kappa shape index (κ2) is 8.98. The van der Waals surface area contributed by atoms with E-state index in [1.54, 1.807) is 30.3 Å². The molecule has 0 saturated carbocycles. The molecule has 2 N–H and O–H groups in total. The fraction of sp³-hybridized carbons (Fsp3) is 0.0833. The summed E-state index contributed by atoms with van der Waals surface area (Å²) in [7, 11) is 1.41. The zero-order chi connectivity index (χ0) is 23.9. The average Bonchev–Trinajstić information content (AvgIpc) is 3.06. The second-order valence-electron chi connectivity index (χ2n) is 7.20. The standard InChI is InChI=1S/C24H16Cl3NO5/c1-33-19-9-4-13(25)10-16(19)22(30)20-21(12-2-6-15(29)7-3-12)28(24(32)23(20)31)14-5-8-17(26)18(27)11-14/h2-11,21,29-30H,1H3/b22-20+. The normalized spacial score (nSPS) is 17.5. The number of benzene rings is 3. The van der Waals surface area contributed by atoms with Crippen LogP contribution in [0.15, 0.2) is 66.2 Å². The van der Waals surface area contributed by atoms with Crippen molar-refractivity contribution in [1.29, 1.82) is 0 Å². The van der Waals surface area contributed by atoms with Crippen LogP contribution in [0.2, 0.25) is 15.1 Å². The molecule has 1 atom stereocenters. The summed E-state index contributed by atoms with van der Waals surface area (Å²) < 4.78 is 5.31. The highest BCUT2D eigenvalue weighted by molar-refractivity contribution is 6.52. The van der Waals surface area contributed by atoms with Gasteiger partial charge in [-0.25, -0.2) is 0 Å².